The predicted molar refractivity (Wildman–Crippen MR) is 100 cm³/mol. The third kappa shape index (κ3) is 5.38. The summed E-state index contributed by atoms with van der Waals surface area (Å²) in [7, 11) is 0. The van der Waals surface area contributed by atoms with Crippen molar-refractivity contribution in [3.05, 3.63) is 30.4 Å². The molecule has 10 heteroatoms. The van der Waals surface area contributed by atoms with E-state index in [1.807, 2.05) is 13.8 Å². The largest absolute Gasteiger partial charge is 0.366 e. The molecule has 2 unspecified atom stereocenters. The van der Waals surface area contributed by atoms with E-state index < -0.39 is 6.10 Å². The SMILES string of the molecule is CC(C)C(NC(=O)C1CNCCO1)c1nc(-c2ccncc2)no1.Cl.Cl. The Morgan fingerprint density at radius 3 is 2.65 bits per heavy atom. The van der Waals surface area contributed by atoms with Gasteiger partial charge in [0, 0.05) is 31.0 Å². The highest BCUT2D eigenvalue weighted by Gasteiger charge is 2.29. The maximum atomic E-state index is 12.4. The van der Waals surface area contributed by atoms with Gasteiger partial charge in [-0.05, 0) is 18.1 Å². The van der Waals surface area contributed by atoms with Crippen molar-refractivity contribution >= 4 is 30.7 Å². The Balaban J connectivity index is 0.00000169. The standard InChI is InChI=1S/C16H21N5O3.2ClH/c1-10(2)13(19-15(22)12-9-18-7-8-23-12)16-20-14(21-24-16)11-3-5-17-6-4-11;;/h3-6,10,12-13,18H,7-9H2,1-2H3,(H,19,22);2*1H. The van der Waals surface area contributed by atoms with Gasteiger partial charge in [0.25, 0.3) is 5.91 Å². The van der Waals surface area contributed by atoms with E-state index >= 15 is 0 Å². The van der Waals surface area contributed by atoms with Crippen LogP contribution < -0.4 is 10.6 Å². The zero-order chi connectivity index (χ0) is 16.9. The van der Waals surface area contributed by atoms with Crippen molar-refractivity contribution in [3.63, 3.8) is 0 Å². The summed E-state index contributed by atoms with van der Waals surface area (Å²) >= 11 is 0. The van der Waals surface area contributed by atoms with E-state index in [9.17, 15) is 4.79 Å². The maximum absolute atomic E-state index is 12.4. The van der Waals surface area contributed by atoms with Gasteiger partial charge >= 0.3 is 0 Å². The highest BCUT2D eigenvalue weighted by atomic mass is 35.5. The summed E-state index contributed by atoms with van der Waals surface area (Å²) in [6.07, 6.45) is 2.84. The van der Waals surface area contributed by atoms with Crippen molar-refractivity contribution in [2.45, 2.75) is 26.0 Å². The molecule has 0 aromatic carbocycles. The second-order valence-corrected chi connectivity index (χ2v) is 5.99. The fraction of sp³-hybridized carbons (Fsp3) is 0.500. The Hall–Kier alpha value is -1.74. The number of nitrogens with one attached hydrogen (secondary N) is 2. The number of hydrogen-bond acceptors (Lipinski definition) is 7. The van der Waals surface area contributed by atoms with E-state index in [2.05, 4.69) is 25.8 Å². The minimum absolute atomic E-state index is 0. The lowest BCUT2D eigenvalue weighted by atomic mass is 10.0. The highest BCUT2D eigenvalue weighted by Crippen LogP contribution is 2.23. The minimum Gasteiger partial charge on any atom is -0.366 e. The first-order valence-corrected chi connectivity index (χ1v) is 8.02. The van der Waals surface area contributed by atoms with E-state index in [0.717, 1.165) is 12.1 Å². The fourth-order valence-corrected chi connectivity index (χ4v) is 2.47. The van der Waals surface area contributed by atoms with Gasteiger partial charge in [0.05, 0.1) is 6.61 Å². The van der Waals surface area contributed by atoms with Gasteiger partial charge in [-0.25, -0.2) is 0 Å². The smallest absolute Gasteiger partial charge is 0.251 e. The van der Waals surface area contributed by atoms with Crippen LogP contribution in [0.2, 0.25) is 0 Å². The molecule has 1 amide bonds. The molecule has 26 heavy (non-hydrogen) atoms. The zero-order valence-electron chi connectivity index (χ0n) is 14.5. The van der Waals surface area contributed by atoms with Gasteiger partial charge < -0.3 is 19.9 Å². The van der Waals surface area contributed by atoms with Gasteiger partial charge in [-0.1, -0.05) is 19.0 Å². The molecule has 144 valence electrons. The first-order chi connectivity index (χ1) is 11.6. The molecule has 0 aliphatic carbocycles. The molecule has 8 nitrogen and oxygen atoms in total. The summed E-state index contributed by atoms with van der Waals surface area (Å²) in [5.41, 5.74) is 0.814. The van der Waals surface area contributed by atoms with Crippen LogP contribution in [0, 0.1) is 5.92 Å². The monoisotopic (exact) mass is 403 g/mol. The van der Waals surface area contributed by atoms with E-state index in [4.69, 9.17) is 9.26 Å². The summed E-state index contributed by atoms with van der Waals surface area (Å²) in [4.78, 5) is 20.8. The predicted octanol–water partition coefficient (Wildman–Crippen LogP) is 1.78. The Kier molecular flexibility index (Phi) is 8.94. The van der Waals surface area contributed by atoms with Crippen molar-refractivity contribution in [2.24, 2.45) is 5.92 Å². The number of pyridine rings is 1. The molecule has 1 aliphatic heterocycles. The number of carbonyl (C=O) groups excluding carboxylic acids is 1. The van der Waals surface area contributed by atoms with Crippen molar-refractivity contribution in [1.82, 2.24) is 25.8 Å². The van der Waals surface area contributed by atoms with Crippen molar-refractivity contribution in [1.29, 1.82) is 0 Å². The summed E-state index contributed by atoms with van der Waals surface area (Å²) in [6, 6.07) is 3.24. The van der Waals surface area contributed by atoms with Crippen molar-refractivity contribution < 1.29 is 14.1 Å². The molecule has 0 spiro atoms. The first-order valence-electron chi connectivity index (χ1n) is 8.02. The topological polar surface area (TPSA) is 102 Å². The number of ether oxygens (including phenoxy) is 1. The molecule has 2 atom stereocenters. The number of aromatic nitrogens is 3. The van der Waals surface area contributed by atoms with Crippen LogP contribution in [0.5, 0.6) is 0 Å². The number of rotatable bonds is 5. The lowest BCUT2D eigenvalue weighted by molar-refractivity contribution is -0.135. The van der Waals surface area contributed by atoms with Gasteiger partial charge in [-0.2, -0.15) is 4.98 Å². The molecular formula is C16H23Cl2N5O3. The van der Waals surface area contributed by atoms with Crippen LogP contribution in [-0.2, 0) is 9.53 Å². The van der Waals surface area contributed by atoms with Gasteiger partial charge in [0.1, 0.15) is 12.1 Å². The molecule has 1 saturated heterocycles. The summed E-state index contributed by atoms with van der Waals surface area (Å²) in [6.45, 7) is 5.76. The highest BCUT2D eigenvalue weighted by molar-refractivity contribution is 5.85. The van der Waals surface area contributed by atoms with E-state index in [1.54, 1.807) is 24.5 Å². The van der Waals surface area contributed by atoms with Crippen LogP contribution in [0.4, 0.5) is 0 Å². The Morgan fingerprint density at radius 1 is 1.31 bits per heavy atom. The second-order valence-electron chi connectivity index (χ2n) is 5.99. The molecule has 0 saturated carbocycles. The molecule has 2 aromatic heterocycles. The Labute approximate surface area is 164 Å². The second kappa shape index (κ2) is 10.4. The number of nitrogens with zero attached hydrogens (tertiary/aromatic N) is 3. The lowest BCUT2D eigenvalue weighted by Crippen LogP contribution is -2.49. The number of carbonyl (C=O) groups is 1. The van der Waals surface area contributed by atoms with Crippen LogP contribution >= 0.6 is 24.8 Å². The quantitative estimate of drug-likeness (QED) is 0.783. The third-order valence-electron chi connectivity index (χ3n) is 3.83. The van der Waals surface area contributed by atoms with E-state index in [-0.39, 0.29) is 42.7 Å². The molecule has 1 aliphatic rings. The van der Waals surface area contributed by atoms with E-state index in [1.165, 1.54) is 0 Å². The average molecular weight is 404 g/mol. The third-order valence-corrected chi connectivity index (χ3v) is 3.83. The van der Waals surface area contributed by atoms with Gasteiger partial charge in [-0.3, -0.25) is 9.78 Å². The lowest BCUT2D eigenvalue weighted by Gasteiger charge is -2.26. The minimum atomic E-state index is -0.498. The average Bonchev–Trinajstić information content (AvgIpc) is 3.10. The summed E-state index contributed by atoms with van der Waals surface area (Å²) in [5.74, 6) is 0.776. The van der Waals surface area contributed by atoms with E-state index in [0.29, 0.717) is 24.9 Å². The number of morpholine rings is 1. The van der Waals surface area contributed by atoms with Crippen LogP contribution in [0.15, 0.2) is 29.0 Å². The molecular weight excluding hydrogens is 381 g/mol. The van der Waals surface area contributed by atoms with Gasteiger partial charge in [0.15, 0.2) is 0 Å². The zero-order valence-corrected chi connectivity index (χ0v) is 16.2. The first kappa shape index (κ1) is 22.3. The fourth-order valence-electron chi connectivity index (χ4n) is 2.47. The van der Waals surface area contributed by atoms with Crippen LogP contribution in [-0.4, -0.2) is 46.8 Å². The molecule has 2 aromatic rings. The Bertz CT molecular complexity index is 678. The van der Waals surface area contributed by atoms with Crippen molar-refractivity contribution in [3.8, 4) is 11.4 Å². The number of halogens is 2. The summed E-state index contributed by atoms with van der Waals surface area (Å²) < 4.78 is 10.9. The molecule has 2 N–H and O–H groups in total. The Morgan fingerprint density at radius 2 is 2.04 bits per heavy atom. The van der Waals surface area contributed by atoms with Crippen LogP contribution in [0.25, 0.3) is 11.4 Å². The number of amides is 1. The molecule has 0 bridgehead atoms. The van der Waals surface area contributed by atoms with Crippen LogP contribution in [0.3, 0.4) is 0 Å². The van der Waals surface area contributed by atoms with Crippen molar-refractivity contribution in [2.75, 3.05) is 19.7 Å². The molecule has 3 rings (SSSR count). The van der Waals surface area contributed by atoms with Gasteiger partial charge in [-0.15, -0.1) is 24.8 Å². The molecule has 1 fully saturated rings. The normalized spacial score (nSPS) is 17.7. The van der Waals surface area contributed by atoms with Gasteiger partial charge in [0.2, 0.25) is 11.7 Å². The maximum Gasteiger partial charge on any atom is 0.251 e. The summed E-state index contributed by atoms with van der Waals surface area (Å²) in [5, 5.41) is 10.1. The molecule has 3 heterocycles. The van der Waals surface area contributed by atoms with Crippen LogP contribution in [0.1, 0.15) is 25.8 Å². The molecule has 0 radical (unpaired) electrons. The number of hydrogen-bond donors (Lipinski definition) is 2.